The van der Waals surface area contributed by atoms with Gasteiger partial charge in [-0.25, -0.2) is 0 Å². The minimum atomic E-state index is -0.156. The first-order valence-electron chi connectivity index (χ1n) is 9.09. The van der Waals surface area contributed by atoms with E-state index in [4.69, 9.17) is 4.74 Å². The van der Waals surface area contributed by atoms with Crippen LogP contribution in [0, 0.1) is 0 Å². The number of rotatable bonds is 5. The van der Waals surface area contributed by atoms with Gasteiger partial charge in [-0.05, 0) is 61.6 Å². The van der Waals surface area contributed by atoms with Gasteiger partial charge in [0.05, 0.1) is 12.7 Å². The highest BCUT2D eigenvalue weighted by Crippen LogP contribution is 2.27. The Hall–Kier alpha value is -2.14. The first kappa shape index (κ1) is 18.6. The van der Waals surface area contributed by atoms with Gasteiger partial charge in [-0.3, -0.25) is 4.79 Å². The summed E-state index contributed by atoms with van der Waals surface area (Å²) in [6.45, 7) is 2.23. The molecule has 4 nitrogen and oxygen atoms in total. The van der Waals surface area contributed by atoms with Crippen LogP contribution in [0.15, 0.2) is 47.4 Å². The van der Waals surface area contributed by atoms with Gasteiger partial charge in [-0.1, -0.05) is 12.8 Å². The average Bonchev–Trinajstić information content (AvgIpc) is 2.97. The van der Waals surface area contributed by atoms with Crippen molar-refractivity contribution in [2.24, 2.45) is 0 Å². The molecule has 26 heavy (non-hydrogen) atoms. The third-order valence-corrected chi connectivity index (χ3v) is 5.48. The molecule has 0 spiro atoms. The second-order valence-electron chi connectivity index (χ2n) is 6.47. The largest absolute Gasteiger partial charge is 0.496 e. The van der Waals surface area contributed by atoms with Crippen LogP contribution in [0.2, 0.25) is 0 Å². The highest BCUT2D eigenvalue weighted by atomic mass is 32.2. The number of methoxy groups -OCH3 is 1. The summed E-state index contributed by atoms with van der Waals surface area (Å²) in [5.74, 6) is 0.438. The van der Waals surface area contributed by atoms with E-state index in [-0.39, 0.29) is 5.91 Å². The van der Waals surface area contributed by atoms with Crippen LogP contribution in [0.25, 0.3) is 0 Å². The van der Waals surface area contributed by atoms with Crippen LogP contribution >= 0.6 is 11.8 Å². The summed E-state index contributed by atoms with van der Waals surface area (Å²) >= 11 is 1.62. The fourth-order valence-corrected chi connectivity index (χ4v) is 3.70. The Balaban J connectivity index is 1.69. The Bertz CT molecular complexity index is 738. The number of carbonyl (C=O) groups excluding carboxylic acids is 1. The van der Waals surface area contributed by atoms with E-state index >= 15 is 0 Å². The maximum Gasteiger partial charge on any atom is 0.259 e. The fourth-order valence-electron chi connectivity index (χ4n) is 3.27. The third-order valence-electron chi connectivity index (χ3n) is 4.75. The Morgan fingerprint density at radius 3 is 2.35 bits per heavy atom. The summed E-state index contributed by atoms with van der Waals surface area (Å²) < 4.78 is 5.38. The van der Waals surface area contributed by atoms with Gasteiger partial charge in [0.1, 0.15) is 5.75 Å². The summed E-state index contributed by atoms with van der Waals surface area (Å²) in [6, 6.07) is 13.8. The van der Waals surface area contributed by atoms with E-state index in [1.807, 2.05) is 36.6 Å². The summed E-state index contributed by atoms with van der Waals surface area (Å²) in [6.07, 6.45) is 7.15. The van der Waals surface area contributed by atoms with Gasteiger partial charge >= 0.3 is 0 Å². The molecule has 1 amide bonds. The van der Waals surface area contributed by atoms with E-state index in [2.05, 4.69) is 22.3 Å². The molecule has 1 aliphatic rings. The summed E-state index contributed by atoms with van der Waals surface area (Å²) in [5, 5.41) is 2.97. The Kier molecular flexibility index (Phi) is 6.45. The first-order valence-corrected chi connectivity index (χ1v) is 10.3. The number of carbonyl (C=O) groups is 1. The maximum absolute atomic E-state index is 12.6. The molecule has 5 heteroatoms. The topological polar surface area (TPSA) is 41.6 Å². The molecule has 1 fully saturated rings. The molecule has 0 unspecified atom stereocenters. The molecular formula is C21H26N2O2S. The number of nitrogens with one attached hydrogen (secondary N) is 1. The quantitative estimate of drug-likeness (QED) is 0.748. The molecule has 0 aromatic heterocycles. The highest BCUT2D eigenvalue weighted by Gasteiger charge is 2.14. The number of hydrogen-bond donors (Lipinski definition) is 1. The summed E-state index contributed by atoms with van der Waals surface area (Å²) in [7, 11) is 1.59. The lowest BCUT2D eigenvalue weighted by Crippen LogP contribution is -2.23. The molecule has 0 radical (unpaired) electrons. The summed E-state index contributed by atoms with van der Waals surface area (Å²) in [5.41, 5.74) is 2.57. The van der Waals surface area contributed by atoms with Gasteiger partial charge in [-0.15, -0.1) is 11.8 Å². The van der Waals surface area contributed by atoms with E-state index in [0.717, 1.165) is 23.7 Å². The number of amides is 1. The lowest BCUT2D eigenvalue weighted by atomic mass is 10.1. The van der Waals surface area contributed by atoms with Gasteiger partial charge in [-0.2, -0.15) is 0 Å². The normalized spacial score (nSPS) is 14.6. The molecule has 2 aromatic carbocycles. The standard InChI is InChI=1S/C21H26N2O2S/c1-25-20-15-18(26-2)11-12-19(20)21(24)22-16-7-9-17(10-8-16)23-13-5-3-4-6-14-23/h7-12,15H,3-6,13-14H2,1-2H3,(H,22,24). The number of thioether (sulfide) groups is 1. The first-order chi connectivity index (χ1) is 12.7. The van der Waals surface area contributed by atoms with Crippen LogP contribution in [-0.4, -0.2) is 32.4 Å². The summed E-state index contributed by atoms with van der Waals surface area (Å²) in [4.78, 5) is 16.1. The number of ether oxygens (including phenoxy) is 1. The minimum absolute atomic E-state index is 0.156. The zero-order valence-corrected chi connectivity index (χ0v) is 16.3. The van der Waals surface area contributed by atoms with Crippen molar-refractivity contribution in [3.63, 3.8) is 0 Å². The molecule has 0 saturated carbocycles. The van der Waals surface area contributed by atoms with E-state index in [9.17, 15) is 4.79 Å². The third kappa shape index (κ3) is 4.52. The van der Waals surface area contributed by atoms with Crippen LogP contribution in [0.1, 0.15) is 36.0 Å². The lowest BCUT2D eigenvalue weighted by Gasteiger charge is -2.22. The zero-order valence-electron chi connectivity index (χ0n) is 15.5. The van der Waals surface area contributed by atoms with E-state index in [1.165, 1.54) is 31.4 Å². The molecule has 1 heterocycles. The predicted molar refractivity (Wildman–Crippen MR) is 110 cm³/mol. The number of anilines is 2. The molecule has 0 aliphatic carbocycles. The van der Waals surface area contributed by atoms with Crippen molar-refractivity contribution in [1.29, 1.82) is 0 Å². The highest BCUT2D eigenvalue weighted by molar-refractivity contribution is 7.98. The molecule has 2 aromatic rings. The van der Waals surface area contributed by atoms with Crippen molar-refractivity contribution in [3.05, 3.63) is 48.0 Å². The van der Waals surface area contributed by atoms with Crippen LogP contribution in [-0.2, 0) is 0 Å². The second-order valence-corrected chi connectivity index (χ2v) is 7.35. The molecule has 0 atom stereocenters. The molecule has 0 bridgehead atoms. The van der Waals surface area contributed by atoms with Gasteiger partial charge in [0.25, 0.3) is 5.91 Å². The molecule has 138 valence electrons. The van der Waals surface area contributed by atoms with Crippen molar-refractivity contribution in [3.8, 4) is 5.75 Å². The molecule has 1 N–H and O–H groups in total. The van der Waals surface area contributed by atoms with Crippen LogP contribution in [0.3, 0.4) is 0 Å². The minimum Gasteiger partial charge on any atom is -0.496 e. The molecular weight excluding hydrogens is 344 g/mol. The Morgan fingerprint density at radius 1 is 1.04 bits per heavy atom. The number of benzene rings is 2. The van der Waals surface area contributed by atoms with E-state index in [1.54, 1.807) is 18.9 Å². The maximum atomic E-state index is 12.6. The van der Waals surface area contributed by atoms with Crippen molar-refractivity contribution >= 4 is 29.0 Å². The van der Waals surface area contributed by atoms with Crippen LogP contribution < -0.4 is 15.0 Å². The van der Waals surface area contributed by atoms with Crippen LogP contribution in [0.4, 0.5) is 11.4 Å². The van der Waals surface area contributed by atoms with Crippen molar-refractivity contribution in [2.75, 3.05) is 36.7 Å². The van der Waals surface area contributed by atoms with Gasteiger partial charge in [0.15, 0.2) is 0 Å². The average molecular weight is 371 g/mol. The number of hydrogen-bond acceptors (Lipinski definition) is 4. The van der Waals surface area contributed by atoms with E-state index < -0.39 is 0 Å². The van der Waals surface area contributed by atoms with Gasteiger partial charge in [0.2, 0.25) is 0 Å². The van der Waals surface area contributed by atoms with Crippen molar-refractivity contribution in [1.82, 2.24) is 0 Å². The lowest BCUT2D eigenvalue weighted by molar-refractivity contribution is 0.102. The van der Waals surface area contributed by atoms with E-state index in [0.29, 0.717) is 11.3 Å². The fraction of sp³-hybridized carbons (Fsp3) is 0.381. The molecule has 1 saturated heterocycles. The van der Waals surface area contributed by atoms with Crippen molar-refractivity contribution < 1.29 is 9.53 Å². The van der Waals surface area contributed by atoms with Crippen molar-refractivity contribution in [2.45, 2.75) is 30.6 Å². The smallest absolute Gasteiger partial charge is 0.259 e. The second kappa shape index (κ2) is 8.99. The van der Waals surface area contributed by atoms with Crippen LogP contribution in [0.5, 0.6) is 5.75 Å². The van der Waals surface area contributed by atoms with Gasteiger partial charge in [0, 0.05) is 29.4 Å². The van der Waals surface area contributed by atoms with Gasteiger partial charge < -0.3 is 15.0 Å². The number of nitrogens with zero attached hydrogens (tertiary/aromatic N) is 1. The zero-order chi connectivity index (χ0) is 18.4. The Labute approximate surface area is 159 Å². The SMILES string of the molecule is COc1cc(SC)ccc1C(=O)Nc1ccc(N2CCCCCC2)cc1. The monoisotopic (exact) mass is 370 g/mol. The Morgan fingerprint density at radius 2 is 1.73 bits per heavy atom. The molecule has 3 rings (SSSR count). The predicted octanol–water partition coefficient (Wildman–Crippen LogP) is 5.05. The molecule has 1 aliphatic heterocycles.